The van der Waals surface area contributed by atoms with Crippen molar-refractivity contribution in [1.29, 1.82) is 0 Å². The normalized spacial score (nSPS) is 15.3. The molecule has 7 heteroatoms. The summed E-state index contributed by atoms with van der Waals surface area (Å²) in [4.78, 5) is 11.4. The van der Waals surface area contributed by atoms with Gasteiger partial charge < -0.3 is 13.8 Å². The van der Waals surface area contributed by atoms with Gasteiger partial charge in [0, 0.05) is 24.2 Å². The van der Waals surface area contributed by atoms with Crippen molar-refractivity contribution in [2.24, 2.45) is 0 Å². The number of carbonyl (C=O) groups is 1. The third-order valence-corrected chi connectivity index (χ3v) is 4.48. The van der Waals surface area contributed by atoms with Gasteiger partial charge in [0.25, 0.3) is 0 Å². The van der Waals surface area contributed by atoms with Crippen LogP contribution in [0.5, 0.6) is 0 Å². The molecule has 0 amide bonds. The quantitative estimate of drug-likeness (QED) is 0.276. The maximum Gasteiger partial charge on any atom is 0.333 e. The van der Waals surface area contributed by atoms with Crippen LogP contribution in [0.4, 0.5) is 0 Å². The second-order valence-electron chi connectivity index (χ2n) is 6.19. The Morgan fingerprint density at radius 2 is 1.81 bits per heavy atom. The number of ether oxygens (including phenoxy) is 1. The summed E-state index contributed by atoms with van der Waals surface area (Å²) in [6, 6.07) is 0.0257. The van der Waals surface area contributed by atoms with E-state index in [2.05, 4.69) is 6.58 Å². The highest BCUT2D eigenvalue weighted by molar-refractivity contribution is 7.85. The summed E-state index contributed by atoms with van der Waals surface area (Å²) in [5, 5.41) is 0. The van der Waals surface area contributed by atoms with Crippen molar-refractivity contribution in [2.45, 2.75) is 45.8 Å². The molecule has 0 aromatic carbocycles. The number of rotatable bonds is 9. The molecule has 0 heterocycles. The Hall–Kier alpha value is -0.920. The summed E-state index contributed by atoms with van der Waals surface area (Å²) < 4.78 is 37.8. The fourth-order valence-corrected chi connectivity index (χ4v) is 2.37. The number of nitrogens with zero attached hydrogens (tertiary/aromatic N) is 1. The molecule has 0 aliphatic carbocycles. The van der Waals surface area contributed by atoms with Crippen LogP contribution in [0.2, 0.25) is 0 Å². The minimum Gasteiger partial charge on any atom is -0.748 e. The standard InChI is InChI=1S/C14H27NO5S/c1-11(2)14(16)20-13(4)7-9-15(5,6)12(3)8-10-21(17,18)19/h12-13H,1,7-10H2,2-6H3. The van der Waals surface area contributed by atoms with Crippen molar-refractivity contribution in [3.8, 4) is 0 Å². The smallest absolute Gasteiger partial charge is 0.333 e. The van der Waals surface area contributed by atoms with Crippen molar-refractivity contribution < 1.29 is 27.0 Å². The van der Waals surface area contributed by atoms with Gasteiger partial charge in [0.15, 0.2) is 0 Å². The van der Waals surface area contributed by atoms with Gasteiger partial charge >= 0.3 is 5.97 Å². The fourth-order valence-electron chi connectivity index (χ4n) is 1.74. The molecule has 2 unspecified atom stereocenters. The highest BCUT2D eigenvalue weighted by atomic mass is 32.2. The van der Waals surface area contributed by atoms with Crippen LogP contribution in [0, 0.1) is 0 Å². The monoisotopic (exact) mass is 321 g/mol. The molecule has 0 aliphatic heterocycles. The zero-order chi connectivity index (χ0) is 16.8. The third-order valence-electron chi connectivity index (χ3n) is 3.75. The molecule has 124 valence electrons. The number of esters is 1. The molecule has 0 N–H and O–H groups in total. The minimum absolute atomic E-state index is 0.0257. The first-order valence-electron chi connectivity index (χ1n) is 6.98. The maximum absolute atomic E-state index is 11.4. The molecule has 0 rings (SSSR count). The van der Waals surface area contributed by atoms with E-state index in [1.807, 2.05) is 27.9 Å². The van der Waals surface area contributed by atoms with Gasteiger partial charge in [-0.2, -0.15) is 0 Å². The van der Waals surface area contributed by atoms with E-state index < -0.39 is 16.1 Å². The summed E-state index contributed by atoms with van der Waals surface area (Å²) >= 11 is 0. The molecule has 0 radical (unpaired) electrons. The van der Waals surface area contributed by atoms with Crippen LogP contribution in [0.1, 0.15) is 33.6 Å². The topological polar surface area (TPSA) is 83.5 Å². The van der Waals surface area contributed by atoms with Crippen LogP contribution in [-0.2, 0) is 19.6 Å². The first kappa shape index (κ1) is 20.1. The Balaban J connectivity index is 4.34. The van der Waals surface area contributed by atoms with Crippen molar-refractivity contribution in [3.05, 3.63) is 12.2 Å². The molecule has 2 atom stereocenters. The van der Waals surface area contributed by atoms with Crippen molar-refractivity contribution in [1.82, 2.24) is 0 Å². The Kier molecular flexibility index (Phi) is 7.56. The summed E-state index contributed by atoms with van der Waals surface area (Å²) in [5.41, 5.74) is 0.365. The highest BCUT2D eigenvalue weighted by Crippen LogP contribution is 2.14. The lowest BCUT2D eigenvalue weighted by Gasteiger charge is -2.37. The number of carbonyl (C=O) groups excluding carboxylic acids is 1. The molecular formula is C14H27NO5S. The van der Waals surface area contributed by atoms with Crippen molar-refractivity contribution in [2.75, 3.05) is 26.4 Å². The van der Waals surface area contributed by atoms with E-state index in [1.54, 1.807) is 6.92 Å². The molecule has 0 aromatic heterocycles. The highest BCUT2D eigenvalue weighted by Gasteiger charge is 2.25. The van der Waals surface area contributed by atoms with E-state index in [4.69, 9.17) is 4.74 Å². The summed E-state index contributed by atoms with van der Waals surface area (Å²) in [6.07, 6.45) is 0.737. The first-order valence-corrected chi connectivity index (χ1v) is 8.55. The Morgan fingerprint density at radius 3 is 2.24 bits per heavy atom. The molecule has 6 nitrogen and oxygen atoms in total. The molecular weight excluding hydrogens is 294 g/mol. The van der Waals surface area contributed by atoms with Gasteiger partial charge in [-0.05, 0) is 20.8 Å². The van der Waals surface area contributed by atoms with E-state index in [-0.39, 0.29) is 17.9 Å². The Bertz CT molecular complexity index is 470. The van der Waals surface area contributed by atoms with E-state index in [0.717, 1.165) is 0 Å². The first-order chi connectivity index (χ1) is 9.35. The molecule has 0 saturated heterocycles. The van der Waals surface area contributed by atoms with E-state index in [0.29, 0.717) is 29.4 Å². The molecule has 0 fully saturated rings. The van der Waals surface area contributed by atoms with E-state index >= 15 is 0 Å². The van der Waals surface area contributed by atoms with Crippen LogP contribution in [0.25, 0.3) is 0 Å². The lowest BCUT2D eigenvalue weighted by molar-refractivity contribution is -0.913. The maximum atomic E-state index is 11.4. The summed E-state index contributed by atoms with van der Waals surface area (Å²) in [6.45, 7) is 9.56. The fraction of sp³-hybridized carbons (Fsp3) is 0.786. The average molecular weight is 321 g/mol. The summed E-state index contributed by atoms with van der Waals surface area (Å²) in [5.74, 6) is -0.755. The van der Waals surface area contributed by atoms with Gasteiger partial charge in [0.05, 0.1) is 36.8 Å². The molecule has 0 aliphatic rings. The molecule has 21 heavy (non-hydrogen) atoms. The van der Waals surface area contributed by atoms with Crippen molar-refractivity contribution >= 4 is 16.1 Å². The molecule has 0 aromatic rings. The third kappa shape index (κ3) is 8.85. The van der Waals surface area contributed by atoms with Gasteiger partial charge in [-0.1, -0.05) is 6.58 Å². The van der Waals surface area contributed by atoms with Crippen LogP contribution >= 0.6 is 0 Å². The van der Waals surface area contributed by atoms with Crippen LogP contribution < -0.4 is 0 Å². The molecule has 0 bridgehead atoms. The number of quaternary nitrogens is 1. The van der Waals surface area contributed by atoms with Gasteiger partial charge in [-0.15, -0.1) is 0 Å². The van der Waals surface area contributed by atoms with E-state index in [9.17, 15) is 17.8 Å². The van der Waals surface area contributed by atoms with E-state index in [1.165, 1.54) is 0 Å². The number of hydrogen-bond acceptors (Lipinski definition) is 5. The van der Waals surface area contributed by atoms with Gasteiger partial charge in [-0.25, -0.2) is 13.2 Å². The number of hydrogen-bond donors (Lipinski definition) is 0. The average Bonchev–Trinajstić information content (AvgIpc) is 2.32. The zero-order valence-corrected chi connectivity index (χ0v) is 14.4. The Morgan fingerprint density at radius 1 is 1.29 bits per heavy atom. The lowest BCUT2D eigenvalue weighted by Crippen LogP contribution is -2.49. The van der Waals surface area contributed by atoms with Crippen LogP contribution in [0.3, 0.4) is 0 Å². The van der Waals surface area contributed by atoms with Gasteiger partial charge in [-0.3, -0.25) is 0 Å². The lowest BCUT2D eigenvalue weighted by atomic mass is 10.1. The summed E-state index contributed by atoms with van der Waals surface area (Å²) in [7, 11) is -0.240. The largest absolute Gasteiger partial charge is 0.748 e. The second kappa shape index (κ2) is 7.91. The SMILES string of the molecule is C=C(C)C(=O)OC(C)CC[N+](C)(C)C(C)CCS(=O)(=O)[O-]. The predicted molar refractivity (Wildman–Crippen MR) is 80.6 cm³/mol. The van der Waals surface area contributed by atoms with Gasteiger partial charge in [0.2, 0.25) is 0 Å². The van der Waals surface area contributed by atoms with Crippen LogP contribution in [-0.4, -0.2) is 62.0 Å². The predicted octanol–water partition coefficient (Wildman–Crippen LogP) is 1.28. The zero-order valence-electron chi connectivity index (χ0n) is 13.6. The minimum atomic E-state index is -4.18. The second-order valence-corrected chi connectivity index (χ2v) is 7.71. The molecule has 0 spiro atoms. The molecule has 0 saturated carbocycles. The van der Waals surface area contributed by atoms with Crippen molar-refractivity contribution in [3.63, 3.8) is 0 Å². The van der Waals surface area contributed by atoms with Crippen LogP contribution in [0.15, 0.2) is 12.2 Å². The van der Waals surface area contributed by atoms with Gasteiger partial charge in [0.1, 0.15) is 6.10 Å². The Labute approximate surface area is 128 Å².